The summed E-state index contributed by atoms with van der Waals surface area (Å²) < 4.78 is 0. The molecule has 0 rings (SSSR count). The van der Waals surface area contributed by atoms with Crippen LogP contribution in [0.3, 0.4) is 0 Å². The minimum absolute atomic E-state index is 0.156. The predicted molar refractivity (Wildman–Crippen MR) is 64.8 cm³/mol. The third-order valence-corrected chi connectivity index (χ3v) is 3.83. The molecule has 0 bridgehead atoms. The van der Waals surface area contributed by atoms with Gasteiger partial charge < -0.3 is 20.6 Å². The lowest BCUT2D eigenvalue weighted by Crippen LogP contribution is -2.52. The van der Waals surface area contributed by atoms with E-state index in [4.69, 9.17) is 10.2 Å². The second kappa shape index (κ2) is 6.32. The fourth-order valence-electron chi connectivity index (χ4n) is 1.61. The Hall–Kier alpha value is -0.460. The van der Waals surface area contributed by atoms with Crippen molar-refractivity contribution in [3.05, 3.63) is 0 Å². The minimum Gasteiger partial charge on any atom is -0.465 e. The van der Waals surface area contributed by atoms with Crippen molar-refractivity contribution in [2.75, 3.05) is 12.9 Å². The fraction of sp³-hybridized carbons (Fsp3) is 0.900. The topological polar surface area (TPSA) is 89.8 Å². The summed E-state index contributed by atoms with van der Waals surface area (Å²) in [6.45, 7) is 5.48. The number of carboxylic acid groups (broad SMARTS) is 1. The van der Waals surface area contributed by atoms with Crippen LogP contribution in [0.25, 0.3) is 0 Å². The van der Waals surface area contributed by atoms with Gasteiger partial charge >= 0.3 is 6.09 Å². The Kier molecular flexibility index (Phi) is 6.14. The number of hydrogen-bond acceptors (Lipinski definition) is 4. The van der Waals surface area contributed by atoms with Gasteiger partial charge in [-0.1, -0.05) is 20.8 Å². The molecular formula is C10H21NO4S. The van der Waals surface area contributed by atoms with Crippen LogP contribution in [0.5, 0.6) is 0 Å². The van der Waals surface area contributed by atoms with E-state index in [1.165, 1.54) is 11.8 Å². The molecule has 0 aliphatic heterocycles. The largest absolute Gasteiger partial charge is 0.465 e. The average molecular weight is 251 g/mol. The van der Waals surface area contributed by atoms with E-state index >= 15 is 0 Å². The Bertz CT molecular complexity index is 229. The number of thioether (sulfide) groups is 1. The monoisotopic (exact) mass is 251 g/mol. The lowest BCUT2D eigenvalue weighted by molar-refractivity contribution is 0.0631. The highest BCUT2D eigenvalue weighted by molar-refractivity contribution is 7.99. The Labute approximate surface area is 100 Å². The Morgan fingerprint density at radius 3 is 2.19 bits per heavy atom. The van der Waals surface area contributed by atoms with Crippen LogP contribution < -0.4 is 5.32 Å². The number of amides is 1. The number of nitrogens with one attached hydrogen (secondary N) is 1. The van der Waals surface area contributed by atoms with Gasteiger partial charge in [-0.3, -0.25) is 0 Å². The number of hydrogen-bond donors (Lipinski definition) is 4. The smallest absolute Gasteiger partial charge is 0.405 e. The van der Waals surface area contributed by atoms with Gasteiger partial charge in [0.25, 0.3) is 0 Å². The number of aliphatic hydroxyl groups is 2. The second-order valence-electron chi connectivity index (χ2n) is 4.75. The summed E-state index contributed by atoms with van der Waals surface area (Å²) in [4.78, 5) is 10.5. The van der Waals surface area contributed by atoms with Gasteiger partial charge in [0.2, 0.25) is 0 Å². The third kappa shape index (κ3) is 4.59. The first-order valence-electron chi connectivity index (χ1n) is 5.05. The third-order valence-electron chi connectivity index (χ3n) is 2.34. The van der Waals surface area contributed by atoms with E-state index in [1.54, 1.807) is 0 Å². The summed E-state index contributed by atoms with van der Waals surface area (Å²) in [6.07, 6.45) is -0.308. The summed E-state index contributed by atoms with van der Waals surface area (Å²) in [5.41, 5.74) is -0.174. The van der Waals surface area contributed by atoms with Crippen LogP contribution in [-0.2, 0) is 0 Å². The van der Waals surface area contributed by atoms with E-state index in [0.717, 1.165) is 0 Å². The molecule has 0 aliphatic rings. The highest BCUT2D eigenvalue weighted by Gasteiger charge is 2.35. The molecule has 0 radical (unpaired) electrons. The van der Waals surface area contributed by atoms with E-state index in [0.29, 0.717) is 0 Å². The molecule has 0 fully saturated rings. The number of carbonyl (C=O) groups is 1. The SMILES string of the molecule is CSC([C@@H](O)[C@@H](CO)NC(=O)O)C(C)(C)C. The minimum atomic E-state index is -1.24. The van der Waals surface area contributed by atoms with Gasteiger partial charge in [0.1, 0.15) is 0 Å². The van der Waals surface area contributed by atoms with Crippen molar-refractivity contribution in [3.8, 4) is 0 Å². The first kappa shape index (κ1) is 15.5. The van der Waals surface area contributed by atoms with Crippen molar-refractivity contribution in [2.24, 2.45) is 5.41 Å². The standard InChI is InChI=1S/C10H21NO4S/c1-10(2,3)8(16-4)7(13)6(5-12)11-9(14)15/h6-8,11-13H,5H2,1-4H3,(H,14,15)/t6-,7+,8?/m1/s1. The normalized spacial score (nSPS) is 17.6. The fourth-order valence-corrected chi connectivity index (χ4v) is 2.79. The number of rotatable bonds is 5. The van der Waals surface area contributed by atoms with Gasteiger partial charge in [-0.05, 0) is 11.7 Å². The molecule has 0 aromatic heterocycles. The van der Waals surface area contributed by atoms with E-state index < -0.39 is 24.8 Å². The zero-order valence-corrected chi connectivity index (χ0v) is 10.9. The van der Waals surface area contributed by atoms with Crippen LogP contribution in [0.2, 0.25) is 0 Å². The molecule has 0 heterocycles. The molecule has 0 saturated heterocycles. The molecule has 0 aromatic rings. The van der Waals surface area contributed by atoms with Crippen LogP contribution in [0.4, 0.5) is 4.79 Å². The Balaban J connectivity index is 4.69. The lowest BCUT2D eigenvalue weighted by Gasteiger charge is -2.36. The average Bonchev–Trinajstić information content (AvgIpc) is 2.12. The van der Waals surface area contributed by atoms with Gasteiger partial charge in [-0.25, -0.2) is 4.79 Å². The summed E-state index contributed by atoms with van der Waals surface area (Å²) in [5, 5.41) is 29.7. The zero-order chi connectivity index (χ0) is 12.9. The van der Waals surface area contributed by atoms with Crippen LogP contribution >= 0.6 is 11.8 Å². The van der Waals surface area contributed by atoms with Crippen LogP contribution in [-0.4, -0.2) is 51.7 Å². The van der Waals surface area contributed by atoms with Gasteiger partial charge in [-0.15, -0.1) is 0 Å². The molecule has 0 spiro atoms. The maximum Gasteiger partial charge on any atom is 0.405 e. The van der Waals surface area contributed by atoms with Crippen molar-refractivity contribution >= 4 is 17.9 Å². The molecule has 3 atom stereocenters. The van der Waals surface area contributed by atoms with Gasteiger partial charge in [0.05, 0.1) is 18.8 Å². The molecule has 6 heteroatoms. The first-order chi connectivity index (χ1) is 7.23. The molecule has 5 nitrogen and oxygen atoms in total. The van der Waals surface area contributed by atoms with Crippen LogP contribution in [0, 0.1) is 5.41 Å². The highest BCUT2D eigenvalue weighted by atomic mass is 32.2. The lowest BCUT2D eigenvalue weighted by atomic mass is 9.86. The molecule has 0 aliphatic carbocycles. The summed E-state index contributed by atoms with van der Waals surface area (Å²) in [6, 6.07) is -0.853. The zero-order valence-electron chi connectivity index (χ0n) is 10.1. The molecule has 4 N–H and O–H groups in total. The molecule has 16 heavy (non-hydrogen) atoms. The molecule has 1 amide bonds. The molecule has 96 valence electrons. The molecule has 1 unspecified atom stereocenters. The van der Waals surface area contributed by atoms with E-state index in [1.807, 2.05) is 27.0 Å². The maximum absolute atomic E-state index is 10.5. The van der Waals surface area contributed by atoms with E-state index in [9.17, 15) is 9.90 Å². The molecule has 0 saturated carbocycles. The van der Waals surface area contributed by atoms with Gasteiger partial charge in [-0.2, -0.15) is 11.8 Å². The van der Waals surface area contributed by atoms with Crippen LogP contribution in [0.1, 0.15) is 20.8 Å². The highest BCUT2D eigenvalue weighted by Crippen LogP contribution is 2.32. The molecule has 0 aromatic carbocycles. The Morgan fingerprint density at radius 1 is 1.44 bits per heavy atom. The first-order valence-corrected chi connectivity index (χ1v) is 6.34. The van der Waals surface area contributed by atoms with Crippen molar-refractivity contribution in [1.82, 2.24) is 5.32 Å². The van der Waals surface area contributed by atoms with Gasteiger partial charge in [0.15, 0.2) is 0 Å². The second-order valence-corrected chi connectivity index (χ2v) is 5.73. The summed E-state index contributed by atoms with van der Waals surface area (Å²) in [7, 11) is 0. The predicted octanol–water partition coefficient (Wildman–Crippen LogP) is 0.753. The summed E-state index contributed by atoms with van der Waals surface area (Å²) in [5.74, 6) is 0. The van der Waals surface area contributed by atoms with Crippen molar-refractivity contribution in [2.45, 2.75) is 38.2 Å². The Morgan fingerprint density at radius 2 is 1.94 bits per heavy atom. The van der Waals surface area contributed by atoms with Crippen molar-refractivity contribution in [3.63, 3.8) is 0 Å². The van der Waals surface area contributed by atoms with E-state index in [-0.39, 0.29) is 10.7 Å². The van der Waals surface area contributed by atoms with Crippen LogP contribution in [0.15, 0.2) is 0 Å². The van der Waals surface area contributed by atoms with Crippen molar-refractivity contribution < 1.29 is 20.1 Å². The quantitative estimate of drug-likeness (QED) is 0.579. The maximum atomic E-state index is 10.5. The van der Waals surface area contributed by atoms with E-state index in [2.05, 4.69) is 5.32 Å². The molecular weight excluding hydrogens is 230 g/mol. The number of aliphatic hydroxyl groups excluding tert-OH is 2. The summed E-state index contributed by atoms with van der Waals surface area (Å²) >= 11 is 1.46. The van der Waals surface area contributed by atoms with Crippen molar-refractivity contribution in [1.29, 1.82) is 0 Å². The van der Waals surface area contributed by atoms with Gasteiger partial charge in [0, 0.05) is 5.25 Å².